The molecule has 166 valence electrons. The molecule has 8 heteroatoms. The van der Waals surface area contributed by atoms with Crippen LogP contribution in [0.5, 0.6) is 5.75 Å². The van der Waals surface area contributed by atoms with Crippen LogP contribution in [-0.4, -0.2) is 57.4 Å². The number of methoxy groups -OCH3 is 1. The summed E-state index contributed by atoms with van der Waals surface area (Å²) >= 11 is 1.87. The van der Waals surface area contributed by atoms with E-state index in [-0.39, 0.29) is 24.0 Å². The van der Waals surface area contributed by atoms with Crippen LogP contribution in [0.2, 0.25) is 0 Å². The van der Waals surface area contributed by atoms with Crippen LogP contribution >= 0.6 is 35.3 Å². The summed E-state index contributed by atoms with van der Waals surface area (Å²) in [6.45, 7) is 10.0. The summed E-state index contributed by atoms with van der Waals surface area (Å²) in [7, 11) is 1.68. The number of nitrogens with one attached hydrogen (secondary N) is 2. The Balaban J connectivity index is 0.00000320. The van der Waals surface area contributed by atoms with Crippen molar-refractivity contribution in [2.45, 2.75) is 26.4 Å². The Morgan fingerprint density at radius 1 is 1.17 bits per heavy atom. The third-order valence-corrected chi connectivity index (χ3v) is 6.06. The molecule has 30 heavy (non-hydrogen) atoms. The average Bonchev–Trinajstić information content (AvgIpc) is 3.19. The van der Waals surface area contributed by atoms with Crippen molar-refractivity contribution in [2.75, 3.05) is 46.5 Å². The number of nitrogens with zero attached hydrogens (tertiary/aromatic N) is 2. The van der Waals surface area contributed by atoms with Gasteiger partial charge in [-0.05, 0) is 43.7 Å². The van der Waals surface area contributed by atoms with E-state index in [1.165, 1.54) is 9.75 Å². The number of hydrogen-bond acceptors (Lipinski definition) is 5. The van der Waals surface area contributed by atoms with Crippen molar-refractivity contribution in [3.05, 3.63) is 51.7 Å². The van der Waals surface area contributed by atoms with Gasteiger partial charge in [-0.1, -0.05) is 12.1 Å². The van der Waals surface area contributed by atoms with Crippen LogP contribution in [0.3, 0.4) is 0 Å². The lowest BCUT2D eigenvalue weighted by Gasteiger charge is -2.34. The predicted octanol–water partition coefficient (Wildman–Crippen LogP) is 3.81. The molecule has 1 aliphatic heterocycles. The molecule has 0 saturated carbocycles. The van der Waals surface area contributed by atoms with Gasteiger partial charge in [0.2, 0.25) is 0 Å². The molecule has 0 bridgehead atoms. The minimum absolute atomic E-state index is 0. The van der Waals surface area contributed by atoms with Gasteiger partial charge in [-0.2, -0.15) is 0 Å². The molecule has 3 rings (SSSR count). The molecule has 1 unspecified atom stereocenters. The first kappa shape index (κ1) is 24.9. The lowest BCUT2D eigenvalue weighted by molar-refractivity contribution is 0.0177. The molecule has 0 radical (unpaired) electrons. The quantitative estimate of drug-likeness (QED) is 0.301. The van der Waals surface area contributed by atoms with Gasteiger partial charge in [0.05, 0.1) is 32.9 Å². The number of aliphatic imine (C=N–C) groups is 1. The fourth-order valence-corrected chi connectivity index (χ4v) is 4.38. The second-order valence-electron chi connectivity index (χ2n) is 7.04. The van der Waals surface area contributed by atoms with Crippen LogP contribution in [0.15, 0.2) is 41.4 Å². The van der Waals surface area contributed by atoms with Crippen molar-refractivity contribution in [3.63, 3.8) is 0 Å². The normalized spacial score (nSPS) is 15.9. The maximum absolute atomic E-state index is 5.56. The summed E-state index contributed by atoms with van der Waals surface area (Å²) in [5.74, 6) is 1.71. The van der Waals surface area contributed by atoms with Crippen LogP contribution < -0.4 is 15.4 Å². The Hall–Kier alpha value is -1.36. The highest BCUT2D eigenvalue weighted by Crippen LogP contribution is 2.27. The van der Waals surface area contributed by atoms with E-state index in [1.807, 2.05) is 23.5 Å². The molecule has 1 atom stereocenters. The molecule has 1 saturated heterocycles. The number of ether oxygens (including phenoxy) is 2. The second kappa shape index (κ2) is 13.1. The van der Waals surface area contributed by atoms with Crippen molar-refractivity contribution in [1.29, 1.82) is 0 Å². The molecule has 1 aromatic carbocycles. The van der Waals surface area contributed by atoms with E-state index in [2.05, 4.69) is 53.6 Å². The zero-order valence-corrected chi connectivity index (χ0v) is 21.2. The van der Waals surface area contributed by atoms with Gasteiger partial charge < -0.3 is 20.1 Å². The molecule has 0 spiro atoms. The number of halogens is 1. The van der Waals surface area contributed by atoms with Crippen molar-refractivity contribution >= 4 is 41.3 Å². The van der Waals surface area contributed by atoms with Gasteiger partial charge in [0.1, 0.15) is 5.75 Å². The molecule has 1 aliphatic rings. The number of benzene rings is 1. The lowest BCUT2D eigenvalue weighted by atomic mass is 10.2. The fraction of sp³-hybridized carbons (Fsp3) is 0.500. The molecule has 2 aromatic rings. The van der Waals surface area contributed by atoms with Gasteiger partial charge >= 0.3 is 0 Å². The van der Waals surface area contributed by atoms with Gasteiger partial charge in [0.15, 0.2) is 5.96 Å². The summed E-state index contributed by atoms with van der Waals surface area (Å²) in [6.07, 6.45) is 0. The van der Waals surface area contributed by atoms with Crippen molar-refractivity contribution in [1.82, 2.24) is 15.5 Å². The van der Waals surface area contributed by atoms with Crippen LogP contribution in [0.25, 0.3) is 0 Å². The monoisotopic (exact) mass is 544 g/mol. The maximum Gasteiger partial charge on any atom is 0.191 e. The van der Waals surface area contributed by atoms with Gasteiger partial charge in [0.25, 0.3) is 0 Å². The zero-order valence-electron chi connectivity index (χ0n) is 18.0. The Kier molecular flexibility index (Phi) is 10.9. The molecule has 1 fully saturated rings. The van der Waals surface area contributed by atoms with E-state index in [1.54, 1.807) is 7.11 Å². The number of morpholine rings is 1. The Bertz CT molecular complexity index is 776. The minimum Gasteiger partial charge on any atom is -0.497 e. The largest absolute Gasteiger partial charge is 0.497 e. The van der Waals surface area contributed by atoms with Gasteiger partial charge in [0, 0.05) is 35.9 Å². The van der Waals surface area contributed by atoms with Gasteiger partial charge in [-0.3, -0.25) is 4.90 Å². The number of thiophene rings is 1. The van der Waals surface area contributed by atoms with Crippen LogP contribution in [0.4, 0.5) is 0 Å². The maximum atomic E-state index is 5.56. The first-order chi connectivity index (χ1) is 14.2. The Labute approximate surface area is 201 Å². The van der Waals surface area contributed by atoms with Crippen molar-refractivity contribution in [2.24, 2.45) is 4.99 Å². The molecular weight excluding hydrogens is 511 g/mol. The first-order valence-electron chi connectivity index (χ1n) is 10.2. The summed E-state index contributed by atoms with van der Waals surface area (Å²) in [5.41, 5.74) is 1.15. The number of aryl methyl sites for hydroxylation is 1. The number of guanidine groups is 1. The summed E-state index contributed by atoms with van der Waals surface area (Å²) < 4.78 is 10.8. The smallest absolute Gasteiger partial charge is 0.191 e. The summed E-state index contributed by atoms with van der Waals surface area (Å²) in [4.78, 5) is 10.0. The zero-order chi connectivity index (χ0) is 20.5. The standard InChI is InChI=1S/C22H32N4O2S.HI/c1-4-23-22(24-15-18-6-8-19(27-3)9-7-18)25-16-20(21-10-5-17(2)29-21)26-11-13-28-14-12-26;/h5-10,20H,4,11-16H2,1-3H3,(H2,23,24,25);1H. The fourth-order valence-electron chi connectivity index (χ4n) is 3.37. The third kappa shape index (κ3) is 7.40. The van der Waals surface area contributed by atoms with E-state index in [0.717, 1.165) is 56.7 Å². The first-order valence-corrected chi connectivity index (χ1v) is 11.0. The highest BCUT2D eigenvalue weighted by atomic mass is 127. The average molecular weight is 545 g/mol. The van der Waals surface area contributed by atoms with E-state index in [4.69, 9.17) is 14.5 Å². The highest BCUT2D eigenvalue weighted by Gasteiger charge is 2.24. The lowest BCUT2D eigenvalue weighted by Crippen LogP contribution is -2.46. The number of rotatable bonds is 8. The predicted molar refractivity (Wildman–Crippen MR) is 135 cm³/mol. The highest BCUT2D eigenvalue weighted by molar-refractivity contribution is 14.0. The van der Waals surface area contributed by atoms with Gasteiger partial charge in [-0.15, -0.1) is 35.3 Å². The minimum atomic E-state index is 0. The van der Waals surface area contributed by atoms with Crippen molar-refractivity contribution < 1.29 is 9.47 Å². The van der Waals surface area contributed by atoms with Gasteiger partial charge in [-0.25, -0.2) is 4.99 Å². The van der Waals surface area contributed by atoms with Crippen LogP contribution in [0.1, 0.15) is 28.3 Å². The molecule has 0 aliphatic carbocycles. The number of hydrogen-bond donors (Lipinski definition) is 2. The van der Waals surface area contributed by atoms with Crippen molar-refractivity contribution in [3.8, 4) is 5.75 Å². The SMILES string of the molecule is CCNC(=NCc1ccc(OC)cc1)NCC(c1ccc(C)s1)N1CCOCC1.I. The van der Waals surface area contributed by atoms with E-state index in [0.29, 0.717) is 12.6 Å². The van der Waals surface area contributed by atoms with Crippen LogP contribution in [0, 0.1) is 6.92 Å². The van der Waals surface area contributed by atoms with E-state index in [9.17, 15) is 0 Å². The second-order valence-corrected chi connectivity index (χ2v) is 8.36. The topological polar surface area (TPSA) is 58.1 Å². The summed E-state index contributed by atoms with van der Waals surface area (Å²) in [5, 5.41) is 6.92. The molecule has 1 aromatic heterocycles. The molecule has 2 N–H and O–H groups in total. The van der Waals surface area contributed by atoms with Crippen LogP contribution in [-0.2, 0) is 11.3 Å². The molecule has 6 nitrogen and oxygen atoms in total. The van der Waals surface area contributed by atoms with E-state index < -0.39 is 0 Å². The molecular formula is C22H33IN4O2S. The third-order valence-electron chi connectivity index (χ3n) is 4.96. The Morgan fingerprint density at radius 3 is 2.50 bits per heavy atom. The molecule has 0 amide bonds. The Morgan fingerprint density at radius 2 is 1.90 bits per heavy atom. The molecule has 2 heterocycles. The van der Waals surface area contributed by atoms with E-state index >= 15 is 0 Å². The summed E-state index contributed by atoms with van der Waals surface area (Å²) in [6, 6.07) is 12.8.